The summed E-state index contributed by atoms with van der Waals surface area (Å²) >= 11 is 0. The van der Waals surface area contributed by atoms with Crippen LogP contribution in [0.15, 0.2) is 0 Å². The standard InChI is InChI=1S/C13H24N2/c1-10-6-13(7-10,9-14)15(12-4-5-12)8-11-2-3-11/h10-12H,2-9,14H2,1H3. The van der Waals surface area contributed by atoms with E-state index in [0.29, 0.717) is 5.54 Å². The maximum absolute atomic E-state index is 6.05. The molecule has 2 N–H and O–H groups in total. The highest BCUT2D eigenvalue weighted by Gasteiger charge is 2.51. The first-order valence-corrected chi connectivity index (χ1v) is 6.70. The van der Waals surface area contributed by atoms with Gasteiger partial charge in [0.25, 0.3) is 0 Å². The van der Waals surface area contributed by atoms with Gasteiger partial charge in [0.15, 0.2) is 0 Å². The summed E-state index contributed by atoms with van der Waals surface area (Å²) < 4.78 is 0. The summed E-state index contributed by atoms with van der Waals surface area (Å²) in [5.74, 6) is 1.93. The number of nitrogens with zero attached hydrogens (tertiary/aromatic N) is 1. The zero-order chi connectivity index (χ0) is 10.5. The Balaban J connectivity index is 1.68. The van der Waals surface area contributed by atoms with Crippen molar-refractivity contribution in [2.75, 3.05) is 13.1 Å². The fraction of sp³-hybridized carbons (Fsp3) is 1.00. The van der Waals surface area contributed by atoms with E-state index in [-0.39, 0.29) is 0 Å². The third-order valence-electron chi connectivity index (χ3n) is 4.59. The van der Waals surface area contributed by atoms with Gasteiger partial charge in [-0.3, -0.25) is 4.90 Å². The van der Waals surface area contributed by atoms with Gasteiger partial charge in [-0.2, -0.15) is 0 Å². The van der Waals surface area contributed by atoms with Crippen LogP contribution in [0.2, 0.25) is 0 Å². The third kappa shape index (κ3) is 1.83. The lowest BCUT2D eigenvalue weighted by Gasteiger charge is -2.54. The highest BCUT2D eigenvalue weighted by atomic mass is 15.3. The van der Waals surface area contributed by atoms with Gasteiger partial charge in [0.2, 0.25) is 0 Å². The molecule has 3 rings (SSSR count). The predicted octanol–water partition coefficient (Wildman–Crippen LogP) is 1.99. The molecule has 0 aromatic rings. The van der Waals surface area contributed by atoms with Gasteiger partial charge in [-0.05, 0) is 50.4 Å². The molecular weight excluding hydrogens is 184 g/mol. The first-order chi connectivity index (χ1) is 7.23. The van der Waals surface area contributed by atoms with Gasteiger partial charge in [0.1, 0.15) is 0 Å². The van der Waals surface area contributed by atoms with Crippen LogP contribution >= 0.6 is 0 Å². The fourth-order valence-corrected chi connectivity index (χ4v) is 3.45. The Bertz CT molecular complexity index is 237. The Labute approximate surface area is 93.2 Å². The molecule has 3 aliphatic carbocycles. The molecule has 0 bridgehead atoms. The molecule has 0 atom stereocenters. The Morgan fingerprint density at radius 1 is 1.20 bits per heavy atom. The minimum atomic E-state index is 0.420. The second kappa shape index (κ2) is 3.46. The molecule has 0 radical (unpaired) electrons. The summed E-state index contributed by atoms with van der Waals surface area (Å²) in [6.07, 6.45) is 8.52. The van der Waals surface area contributed by atoms with Crippen LogP contribution in [0.5, 0.6) is 0 Å². The van der Waals surface area contributed by atoms with Crippen molar-refractivity contribution >= 4 is 0 Å². The molecule has 15 heavy (non-hydrogen) atoms. The number of nitrogens with two attached hydrogens (primary N) is 1. The van der Waals surface area contributed by atoms with Gasteiger partial charge in [-0.25, -0.2) is 0 Å². The van der Waals surface area contributed by atoms with Crippen LogP contribution in [0.3, 0.4) is 0 Å². The zero-order valence-corrected chi connectivity index (χ0v) is 9.91. The van der Waals surface area contributed by atoms with Crippen molar-refractivity contribution in [3.05, 3.63) is 0 Å². The lowest BCUT2D eigenvalue weighted by atomic mass is 9.67. The van der Waals surface area contributed by atoms with Gasteiger partial charge in [-0.1, -0.05) is 6.92 Å². The van der Waals surface area contributed by atoms with Gasteiger partial charge in [0, 0.05) is 24.7 Å². The SMILES string of the molecule is CC1CC(CN)(N(CC2CC2)C2CC2)C1. The summed E-state index contributed by atoms with van der Waals surface area (Å²) in [6.45, 7) is 4.62. The second-order valence-corrected chi connectivity index (χ2v) is 6.27. The number of rotatable bonds is 5. The summed E-state index contributed by atoms with van der Waals surface area (Å²) in [5, 5.41) is 0. The molecule has 0 amide bonds. The smallest absolute Gasteiger partial charge is 0.0339 e. The monoisotopic (exact) mass is 208 g/mol. The average molecular weight is 208 g/mol. The maximum Gasteiger partial charge on any atom is 0.0339 e. The van der Waals surface area contributed by atoms with Gasteiger partial charge in [0.05, 0.1) is 0 Å². The predicted molar refractivity (Wildman–Crippen MR) is 62.6 cm³/mol. The van der Waals surface area contributed by atoms with Gasteiger partial charge < -0.3 is 5.73 Å². The lowest BCUT2D eigenvalue weighted by molar-refractivity contribution is -0.0219. The van der Waals surface area contributed by atoms with Crippen molar-refractivity contribution in [2.24, 2.45) is 17.6 Å². The topological polar surface area (TPSA) is 29.3 Å². The summed E-state index contributed by atoms with van der Waals surface area (Å²) in [5.41, 5.74) is 6.47. The fourth-order valence-electron chi connectivity index (χ4n) is 3.45. The lowest BCUT2D eigenvalue weighted by Crippen LogP contribution is -2.62. The van der Waals surface area contributed by atoms with Crippen molar-refractivity contribution in [3.63, 3.8) is 0 Å². The molecule has 0 unspecified atom stereocenters. The van der Waals surface area contributed by atoms with Crippen molar-refractivity contribution in [3.8, 4) is 0 Å². The maximum atomic E-state index is 6.05. The molecule has 2 nitrogen and oxygen atoms in total. The van der Waals surface area contributed by atoms with Crippen LogP contribution in [0.25, 0.3) is 0 Å². The van der Waals surface area contributed by atoms with E-state index < -0.39 is 0 Å². The molecule has 0 aromatic carbocycles. The summed E-state index contributed by atoms with van der Waals surface area (Å²) in [4.78, 5) is 2.81. The van der Waals surface area contributed by atoms with Crippen LogP contribution < -0.4 is 5.73 Å². The highest BCUT2D eigenvalue weighted by Crippen LogP contribution is 2.48. The largest absolute Gasteiger partial charge is 0.329 e. The van der Waals surface area contributed by atoms with Crippen LogP contribution in [0, 0.1) is 11.8 Å². The molecule has 0 aliphatic heterocycles. The Morgan fingerprint density at radius 2 is 1.87 bits per heavy atom. The Hall–Kier alpha value is -0.0800. The summed E-state index contributed by atoms with van der Waals surface area (Å²) in [7, 11) is 0. The molecule has 0 saturated heterocycles. The van der Waals surface area contributed by atoms with E-state index in [0.717, 1.165) is 24.4 Å². The van der Waals surface area contributed by atoms with E-state index in [9.17, 15) is 0 Å². The first-order valence-electron chi connectivity index (χ1n) is 6.70. The van der Waals surface area contributed by atoms with Gasteiger partial charge in [-0.15, -0.1) is 0 Å². The van der Waals surface area contributed by atoms with Crippen molar-refractivity contribution in [1.82, 2.24) is 4.90 Å². The van der Waals surface area contributed by atoms with E-state index in [1.807, 2.05) is 0 Å². The summed E-state index contributed by atoms with van der Waals surface area (Å²) in [6, 6.07) is 0.904. The quantitative estimate of drug-likeness (QED) is 0.748. The molecule has 0 heterocycles. The third-order valence-corrected chi connectivity index (χ3v) is 4.59. The van der Waals surface area contributed by atoms with Crippen LogP contribution in [-0.4, -0.2) is 29.6 Å². The zero-order valence-electron chi connectivity index (χ0n) is 9.91. The molecule has 2 heteroatoms. The van der Waals surface area contributed by atoms with Gasteiger partial charge >= 0.3 is 0 Å². The van der Waals surface area contributed by atoms with E-state index in [2.05, 4.69) is 11.8 Å². The molecule has 3 saturated carbocycles. The Morgan fingerprint density at radius 3 is 2.27 bits per heavy atom. The van der Waals surface area contributed by atoms with Crippen LogP contribution in [0.4, 0.5) is 0 Å². The minimum absolute atomic E-state index is 0.420. The van der Waals surface area contributed by atoms with Crippen molar-refractivity contribution in [2.45, 2.75) is 57.0 Å². The number of hydrogen-bond acceptors (Lipinski definition) is 2. The van der Waals surface area contributed by atoms with E-state index in [1.54, 1.807) is 0 Å². The van der Waals surface area contributed by atoms with E-state index in [1.165, 1.54) is 45.1 Å². The van der Waals surface area contributed by atoms with Crippen molar-refractivity contribution < 1.29 is 0 Å². The molecule has 0 aromatic heterocycles. The van der Waals surface area contributed by atoms with Crippen LogP contribution in [-0.2, 0) is 0 Å². The molecule has 3 aliphatic rings. The normalized spacial score (nSPS) is 40.6. The highest BCUT2D eigenvalue weighted by molar-refractivity contribution is 5.07. The Kier molecular flexibility index (Phi) is 2.33. The second-order valence-electron chi connectivity index (χ2n) is 6.27. The minimum Gasteiger partial charge on any atom is -0.329 e. The van der Waals surface area contributed by atoms with E-state index >= 15 is 0 Å². The van der Waals surface area contributed by atoms with Crippen LogP contribution in [0.1, 0.15) is 45.4 Å². The first kappa shape index (κ1) is 10.1. The number of hydrogen-bond donors (Lipinski definition) is 1. The van der Waals surface area contributed by atoms with Crippen molar-refractivity contribution in [1.29, 1.82) is 0 Å². The molecule has 86 valence electrons. The molecule has 3 fully saturated rings. The molecule has 0 spiro atoms. The van der Waals surface area contributed by atoms with E-state index in [4.69, 9.17) is 5.73 Å². The molecular formula is C13H24N2. The average Bonchev–Trinajstić information content (AvgIpc) is 3.00.